The topological polar surface area (TPSA) is 131 Å². The lowest BCUT2D eigenvalue weighted by molar-refractivity contribution is -0.120. The number of benzene rings is 2. The summed E-state index contributed by atoms with van der Waals surface area (Å²) in [4.78, 5) is 57.0. The smallest absolute Gasteiger partial charge is 0.414 e. The van der Waals surface area contributed by atoms with E-state index < -0.39 is 28.9 Å². The molecule has 11 heteroatoms. The van der Waals surface area contributed by atoms with E-state index in [0.717, 1.165) is 35.3 Å². The Hall–Kier alpha value is -4.67. The van der Waals surface area contributed by atoms with Gasteiger partial charge in [0.1, 0.15) is 11.3 Å². The van der Waals surface area contributed by atoms with Crippen molar-refractivity contribution in [1.29, 1.82) is 0 Å². The molecule has 2 unspecified atom stereocenters. The van der Waals surface area contributed by atoms with Gasteiger partial charge in [-0.05, 0) is 94.5 Å². The normalized spacial score (nSPS) is 22.7. The highest BCUT2D eigenvalue weighted by molar-refractivity contribution is 6.09. The number of ether oxygens (including phenoxy) is 1. The number of hydrogen-bond acceptors (Lipinski definition) is 6. The van der Waals surface area contributed by atoms with Gasteiger partial charge in [0.25, 0.3) is 5.91 Å². The van der Waals surface area contributed by atoms with Crippen LogP contribution in [0.1, 0.15) is 68.1 Å². The number of nitrogens with zero attached hydrogens (tertiary/aromatic N) is 5. The summed E-state index contributed by atoms with van der Waals surface area (Å²) in [5, 5.41) is 4.66. The summed E-state index contributed by atoms with van der Waals surface area (Å²) >= 11 is 0. The standard InChI is InChI=1S/C33H36N6O5/c1-32(2,3)44-31(43)37-15-13-20-16-23(11-12-26(20)37)39-28-25(18-35-39)33(17-24(33)29(34)41)19-38(30(28)42)22-9-7-21(8-10-22)36-14-5-4-6-27(36)40/h7-12,16,18,24H,4-6,13-15,17,19H2,1-3H3,(H2,34,41). The van der Waals surface area contributed by atoms with Crippen molar-refractivity contribution in [2.75, 3.05) is 34.3 Å². The van der Waals surface area contributed by atoms with Gasteiger partial charge in [0.2, 0.25) is 11.8 Å². The third-order valence-corrected chi connectivity index (χ3v) is 9.23. The molecule has 0 radical (unpaired) electrons. The van der Waals surface area contributed by atoms with E-state index in [1.54, 1.807) is 25.6 Å². The lowest BCUT2D eigenvalue weighted by Crippen LogP contribution is -2.46. The van der Waals surface area contributed by atoms with E-state index in [2.05, 4.69) is 5.10 Å². The third kappa shape index (κ3) is 4.53. The van der Waals surface area contributed by atoms with E-state index in [9.17, 15) is 19.2 Å². The molecule has 11 nitrogen and oxygen atoms in total. The maximum absolute atomic E-state index is 14.2. The number of rotatable bonds is 4. The van der Waals surface area contributed by atoms with Crippen molar-refractivity contribution < 1.29 is 23.9 Å². The predicted octanol–water partition coefficient (Wildman–Crippen LogP) is 4.09. The molecule has 0 bridgehead atoms. The van der Waals surface area contributed by atoms with E-state index in [1.165, 1.54) is 0 Å². The summed E-state index contributed by atoms with van der Waals surface area (Å²) in [6.07, 6.45) is 4.89. The zero-order valence-electron chi connectivity index (χ0n) is 25.2. The molecule has 4 aliphatic rings. The van der Waals surface area contributed by atoms with Crippen molar-refractivity contribution >= 4 is 40.9 Å². The SMILES string of the molecule is CC(C)(C)OC(=O)N1CCc2cc(-n3ncc4c3C(=O)N(c3ccc(N5CCCCC5=O)cc3)CC43CC3C(N)=O)ccc21. The maximum Gasteiger partial charge on any atom is 0.414 e. The first-order valence-corrected chi connectivity index (χ1v) is 15.2. The highest BCUT2D eigenvalue weighted by Gasteiger charge is 2.64. The lowest BCUT2D eigenvalue weighted by Gasteiger charge is -2.34. The van der Waals surface area contributed by atoms with Gasteiger partial charge >= 0.3 is 6.09 Å². The second-order valence-electron chi connectivity index (χ2n) is 13.2. The molecule has 4 heterocycles. The van der Waals surface area contributed by atoms with Crippen LogP contribution in [0.5, 0.6) is 0 Å². The minimum absolute atomic E-state index is 0.108. The summed E-state index contributed by atoms with van der Waals surface area (Å²) in [6, 6.07) is 13.1. The molecule has 3 aliphatic heterocycles. The van der Waals surface area contributed by atoms with Gasteiger partial charge in [-0.1, -0.05) is 0 Å². The van der Waals surface area contributed by atoms with E-state index in [4.69, 9.17) is 10.5 Å². The molecule has 1 aromatic heterocycles. The number of amides is 4. The van der Waals surface area contributed by atoms with Gasteiger partial charge in [-0.25, -0.2) is 9.48 Å². The molecule has 2 aromatic carbocycles. The molecule has 7 rings (SSSR count). The number of nitrogens with two attached hydrogens (primary N) is 1. The molecular weight excluding hydrogens is 560 g/mol. The van der Waals surface area contributed by atoms with Crippen molar-refractivity contribution in [3.05, 3.63) is 65.5 Å². The molecule has 2 atom stereocenters. The quantitative estimate of drug-likeness (QED) is 0.483. The summed E-state index contributed by atoms with van der Waals surface area (Å²) in [7, 11) is 0. The molecule has 44 heavy (non-hydrogen) atoms. The Labute approximate surface area is 255 Å². The van der Waals surface area contributed by atoms with Gasteiger partial charge in [-0.15, -0.1) is 0 Å². The second kappa shape index (κ2) is 9.93. The molecule has 1 saturated heterocycles. The van der Waals surface area contributed by atoms with Crippen LogP contribution >= 0.6 is 0 Å². The summed E-state index contributed by atoms with van der Waals surface area (Å²) in [5.41, 5.74) is 9.62. The van der Waals surface area contributed by atoms with Crippen LogP contribution in [-0.4, -0.2) is 58.8 Å². The molecule has 4 amide bonds. The Kier molecular flexibility index (Phi) is 6.35. The van der Waals surface area contributed by atoms with Crippen molar-refractivity contribution in [3.8, 4) is 5.69 Å². The van der Waals surface area contributed by atoms with Gasteiger partial charge in [0, 0.05) is 48.4 Å². The fourth-order valence-corrected chi connectivity index (χ4v) is 6.96. The highest BCUT2D eigenvalue weighted by Crippen LogP contribution is 2.58. The molecule has 1 aliphatic carbocycles. The number of carbonyl (C=O) groups excluding carboxylic acids is 4. The van der Waals surface area contributed by atoms with Crippen LogP contribution in [0.15, 0.2) is 48.7 Å². The Bertz CT molecular complexity index is 1710. The van der Waals surface area contributed by atoms with Gasteiger partial charge in [0.05, 0.1) is 23.5 Å². The Morgan fingerprint density at radius 3 is 2.32 bits per heavy atom. The number of hydrogen-bond donors (Lipinski definition) is 1. The maximum atomic E-state index is 14.2. The Morgan fingerprint density at radius 1 is 0.955 bits per heavy atom. The summed E-state index contributed by atoms with van der Waals surface area (Å²) in [5.74, 6) is -0.911. The summed E-state index contributed by atoms with van der Waals surface area (Å²) < 4.78 is 7.23. The summed E-state index contributed by atoms with van der Waals surface area (Å²) in [6.45, 7) is 7.01. The van der Waals surface area contributed by atoms with Crippen LogP contribution in [0.25, 0.3) is 5.69 Å². The minimum Gasteiger partial charge on any atom is -0.443 e. The number of primary amides is 1. The molecule has 1 saturated carbocycles. The molecule has 2 N–H and O–H groups in total. The number of piperidine rings is 1. The zero-order valence-corrected chi connectivity index (χ0v) is 25.2. The van der Waals surface area contributed by atoms with E-state index in [0.29, 0.717) is 56.0 Å². The average molecular weight is 597 g/mol. The molecule has 2 fully saturated rings. The number of fused-ring (bicyclic) bond motifs is 3. The predicted molar refractivity (Wildman–Crippen MR) is 164 cm³/mol. The van der Waals surface area contributed by atoms with Gasteiger partial charge in [-0.3, -0.25) is 19.3 Å². The van der Waals surface area contributed by atoms with E-state index >= 15 is 0 Å². The first-order chi connectivity index (χ1) is 21.0. The van der Waals surface area contributed by atoms with E-state index in [-0.39, 0.29) is 11.8 Å². The Morgan fingerprint density at radius 2 is 1.66 bits per heavy atom. The van der Waals surface area contributed by atoms with Crippen molar-refractivity contribution in [3.63, 3.8) is 0 Å². The largest absolute Gasteiger partial charge is 0.443 e. The van der Waals surface area contributed by atoms with Crippen molar-refractivity contribution in [2.45, 2.75) is 63.9 Å². The fraction of sp³-hybridized carbons (Fsp3) is 0.424. The Balaban J connectivity index is 1.23. The zero-order chi connectivity index (χ0) is 31.0. The monoisotopic (exact) mass is 596 g/mol. The average Bonchev–Trinajstić information content (AvgIpc) is 3.30. The molecule has 1 spiro atoms. The first-order valence-electron chi connectivity index (χ1n) is 15.2. The number of anilines is 3. The van der Waals surface area contributed by atoms with Crippen LogP contribution in [0.4, 0.5) is 21.9 Å². The van der Waals surface area contributed by atoms with Crippen LogP contribution in [-0.2, 0) is 26.2 Å². The van der Waals surface area contributed by atoms with Crippen LogP contribution in [0.3, 0.4) is 0 Å². The van der Waals surface area contributed by atoms with Gasteiger partial charge in [-0.2, -0.15) is 5.10 Å². The number of aromatic nitrogens is 2. The fourth-order valence-electron chi connectivity index (χ4n) is 6.96. The van der Waals surface area contributed by atoms with Gasteiger partial charge in [0.15, 0.2) is 0 Å². The van der Waals surface area contributed by atoms with Crippen molar-refractivity contribution in [1.82, 2.24) is 9.78 Å². The highest BCUT2D eigenvalue weighted by atomic mass is 16.6. The second-order valence-corrected chi connectivity index (χ2v) is 13.2. The molecule has 228 valence electrons. The van der Waals surface area contributed by atoms with E-state index in [1.807, 2.05) is 63.2 Å². The molecular formula is C33H36N6O5. The number of carbonyl (C=O) groups is 4. The molecule has 3 aromatic rings. The van der Waals surface area contributed by atoms with Crippen molar-refractivity contribution in [2.24, 2.45) is 11.7 Å². The van der Waals surface area contributed by atoms with Gasteiger partial charge < -0.3 is 20.3 Å². The first kappa shape index (κ1) is 28.1. The lowest BCUT2D eigenvalue weighted by atomic mass is 9.88. The van der Waals surface area contributed by atoms with Crippen LogP contribution < -0.4 is 20.4 Å². The van der Waals surface area contributed by atoms with Crippen LogP contribution in [0, 0.1) is 5.92 Å². The van der Waals surface area contributed by atoms with Crippen LogP contribution in [0.2, 0.25) is 0 Å². The minimum atomic E-state index is -0.612. The third-order valence-electron chi connectivity index (χ3n) is 9.23.